The second-order valence-corrected chi connectivity index (χ2v) is 6.16. The van der Waals surface area contributed by atoms with E-state index in [2.05, 4.69) is 5.32 Å². The summed E-state index contributed by atoms with van der Waals surface area (Å²) in [5, 5.41) is 4.05. The van der Waals surface area contributed by atoms with E-state index in [4.69, 9.17) is 16.3 Å². The monoisotopic (exact) mass is 355 g/mol. The minimum atomic E-state index is -0.212. The van der Waals surface area contributed by atoms with Gasteiger partial charge in [0, 0.05) is 23.7 Å². The van der Waals surface area contributed by atoms with Gasteiger partial charge in [-0.3, -0.25) is 0 Å². The van der Waals surface area contributed by atoms with E-state index in [1.165, 1.54) is 12.1 Å². The summed E-state index contributed by atoms with van der Waals surface area (Å²) >= 11 is 6.12. The summed E-state index contributed by atoms with van der Waals surface area (Å²) in [5.74, 6) is 0.596. The van der Waals surface area contributed by atoms with Crippen molar-refractivity contribution >= 4 is 11.6 Å². The van der Waals surface area contributed by atoms with Crippen LogP contribution in [0.5, 0.6) is 5.75 Å². The molecule has 0 radical (unpaired) electrons. The molecular formula is C21H19ClFNO. The molecule has 0 saturated heterocycles. The summed E-state index contributed by atoms with van der Waals surface area (Å²) in [6.45, 7) is 1.88. The quantitative estimate of drug-likeness (QED) is 0.617. The van der Waals surface area contributed by atoms with Crippen molar-refractivity contribution in [3.63, 3.8) is 0 Å². The normalized spacial score (nSPS) is 10.6. The molecule has 128 valence electrons. The van der Waals surface area contributed by atoms with Gasteiger partial charge in [0.1, 0.15) is 18.2 Å². The topological polar surface area (TPSA) is 21.3 Å². The summed E-state index contributed by atoms with van der Waals surface area (Å²) in [5.41, 5.74) is 3.18. The molecule has 0 heterocycles. The van der Waals surface area contributed by atoms with E-state index in [9.17, 15) is 4.39 Å². The molecule has 0 unspecified atom stereocenters. The van der Waals surface area contributed by atoms with E-state index in [0.29, 0.717) is 18.2 Å². The molecule has 0 atom stereocenters. The van der Waals surface area contributed by atoms with Crippen LogP contribution in [0.4, 0.5) is 4.39 Å². The molecule has 0 aromatic heterocycles. The van der Waals surface area contributed by atoms with Crippen molar-refractivity contribution in [3.8, 4) is 5.75 Å². The summed E-state index contributed by atoms with van der Waals surface area (Å²) in [7, 11) is 0. The van der Waals surface area contributed by atoms with Gasteiger partial charge < -0.3 is 10.1 Å². The van der Waals surface area contributed by atoms with Gasteiger partial charge in [-0.05, 0) is 41.5 Å². The standard InChI is InChI=1S/C21H19ClFNO/c22-21-4-2-1-3-18(21)15-25-20-11-7-17(8-12-20)14-24-13-16-5-9-19(23)10-6-16/h1-12,24H,13-15H2. The molecule has 0 bridgehead atoms. The molecule has 3 rings (SSSR count). The summed E-state index contributed by atoms with van der Waals surface area (Å²) in [4.78, 5) is 0. The Bertz CT molecular complexity index is 803. The molecule has 3 aromatic carbocycles. The first-order valence-electron chi connectivity index (χ1n) is 8.11. The first-order chi connectivity index (χ1) is 12.2. The van der Waals surface area contributed by atoms with Crippen LogP contribution in [0.15, 0.2) is 72.8 Å². The van der Waals surface area contributed by atoms with Crippen LogP contribution in [0.25, 0.3) is 0 Å². The Kier molecular flexibility index (Phi) is 6.04. The first-order valence-corrected chi connectivity index (χ1v) is 8.49. The highest BCUT2D eigenvalue weighted by Crippen LogP contribution is 2.19. The Morgan fingerprint density at radius 3 is 2.04 bits per heavy atom. The van der Waals surface area contributed by atoms with E-state index in [-0.39, 0.29) is 5.82 Å². The summed E-state index contributed by atoms with van der Waals surface area (Å²) in [6.07, 6.45) is 0. The average molecular weight is 356 g/mol. The van der Waals surface area contributed by atoms with Gasteiger partial charge in [-0.15, -0.1) is 0 Å². The Hall–Kier alpha value is -2.36. The van der Waals surface area contributed by atoms with Gasteiger partial charge in [0.2, 0.25) is 0 Å². The molecule has 2 nitrogen and oxygen atoms in total. The van der Waals surface area contributed by atoms with Crippen LogP contribution in [-0.2, 0) is 19.7 Å². The molecule has 0 aliphatic heterocycles. The lowest BCUT2D eigenvalue weighted by Crippen LogP contribution is -2.12. The van der Waals surface area contributed by atoms with Crippen LogP contribution in [0.3, 0.4) is 0 Å². The van der Waals surface area contributed by atoms with Crippen LogP contribution in [0.2, 0.25) is 5.02 Å². The number of nitrogens with one attached hydrogen (secondary N) is 1. The zero-order valence-electron chi connectivity index (χ0n) is 13.7. The lowest BCUT2D eigenvalue weighted by Gasteiger charge is -2.09. The predicted molar refractivity (Wildman–Crippen MR) is 99.2 cm³/mol. The highest BCUT2D eigenvalue weighted by Gasteiger charge is 2.01. The average Bonchev–Trinajstić information content (AvgIpc) is 2.64. The lowest BCUT2D eigenvalue weighted by molar-refractivity contribution is 0.306. The maximum absolute atomic E-state index is 12.9. The second-order valence-electron chi connectivity index (χ2n) is 5.75. The molecule has 0 aliphatic carbocycles. The van der Waals surface area contributed by atoms with E-state index in [1.54, 1.807) is 12.1 Å². The van der Waals surface area contributed by atoms with Crippen molar-refractivity contribution in [2.24, 2.45) is 0 Å². The minimum absolute atomic E-state index is 0.212. The Balaban J connectivity index is 1.47. The van der Waals surface area contributed by atoms with Crippen LogP contribution in [0, 0.1) is 5.82 Å². The highest BCUT2D eigenvalue weighted by molar-refractivity contribution is 6.31. The number of rotatable bonds is 7. The molecule has 0 saturated carbocycles. The SMILES string of the molecule is Fc1ccc(CNCc2ccc(OCc3ccccc3Cl)cc2)cc1. The number of hydrogen-bond acceptors (Lipinski definition) is 2. The van der Waals surface area contributed by atoms with Gasteiger partial charge in [0.05, 0.1) is 0 Å². The molecule has 0 aliphatic rings. The van der Waals surface area contributed by atoms with Gasteiger partial charge in [-0.2, -0.15) is 0 Å². The molecular weight excluding hydrogens is 337 g/mol. The third-order valence-corrected chi connectivity index (χ3v) is 4.22. The van der Waals surface area contributed by atoms with Crippen LogP contribution in [0.1, 0.15) is 16.7 Å². The van der Waals surface area contributed by atoms with E-state index >= 15 is 0 Å². The van der Waals surface area contributed by atoms with E-state index < -0.39 is 0 Å². The maximum Gasteiger partial charge on any atom is 0.123 e. The van der Waals surface area contributed by atoms with Gasteiger partial charge in [0.25, 0.3) is 0 Å². The minimum Gasteiger partial charge on any atom is -0.489 e. The number of benzene rings is 3. The van der Waals surface area contributed by atoms with Crippen molar-refractivity contribution in [2.75, 3.05) is 0 Å². The Morgan fingerprint density at radius 2 is 1.40 bits per heavy atom. The predicted octanol–water partition coefficient (Wildman–Crippen LogP) is 5.35. The number of halogens is 2. The van der Waals surface area contributed by atoms with Crippen molar-refractivity contribution < 1.29 is 9.13 Å². The van der Waals surface area contributed by atoms with Crippen molar-refractivity contribution in [1.29, 1.82) is 0 Å². The molecule has 25 heavy (non-hydrogen) atoms. The number of hydrogen-bond donors (Lipinski definition) is 1. The zero-order chi connectivity index (χ0) is 17.5. The summed E-state index contributed by atoms with van der Waals surface area (Å²) in [6, 6.07) is 22.1. The fraction of sp³-hybridized carbons (Fsp3) is 0.143. The van der Waals surface area contributed by atoms with Crippen LogP contribution >= 0.6 is 11.6 Å². The Morgan fingerprint density at radius 1 is 0.800 bits per heavy atom. The molecule has 4 heteroatoms. The fourth-order valence-corrected chi connectivity index (χ4v) is 2.62. The van der Waals surface area contributed by atoms with Crippen molar-refractivity contribution in [3.05, 3.63) is 100 Å². The van der Waals surface area contributed by atoms with Crippen LogP contribution in [-0.4, -0.2) is 0 Å². The Labute approximate surface area is 152 Å². The van der Waals surface area contributed by atoms with Gasteiger partial charge >= 0.3 is 0 Å². The zero-order valence-corrected chi connectivity index (χ0v) is 14.5. The van der Waals surface area contributed by atoms with Crippen molar-refractivity contribution in [1.82, 2.24) is 5.32 Å². The van der Waals surface area contributed by atoms with E-state index in [0.717, 1.165) is 29.0 Å². The molecule has 0 fully saturated rings. The first kappa shape index (κ1) is 17.5. The third-order valence-electron chi connectivity index (χ3n) is 3.85. The molecule has 0 spiro atoms. The number of ether oxygens (including phenoxy) is 1. The maximum atomic E-state index is 12.9. The van der Waals surface area contributed by atoms with Gasteiger partial charge in [-0.25, -0.2) is 4.39 Å². The smallest absolute Gasteiger partial charge is 0.123 e. The van der Waals surface area contributed by atoms with Crippen molar-refractivity contribution in [2.45, 2.75) is 19.7 Å². The second kappa shape index (κ2) is 8.65. The largest absolute Gasteiger partial charge is 0.489 e. The molecule has 3 aromatic rings. The third kappa shape index (κ3) is 5.31. The lowest BCUT2D eigenvalue weighted by atomic mass is 10.2. The fourth-order valence-electron chi connectivity index (χ4n) is 2.43. The van der Waals surface area contributed by atoms with E-state index in [1.807, 2.05) is 48.5 Å². The van der Waals surface area contributed by atoms with Gasteiger partial charge in [0.15, 0.2) is 0 Å². The summed E-state index contributed by atoms with van der Waals surface area (Å²) < 4.78 is 18.6. The molecule has 1 N–H and O–H groups in total. The van der Waals surface area contributed by atoms with Gasteiger partial charge in [-0.1, -0.05) is 54.1 Å². The van der Waals surface area contributed by atoms with Crippen LogP contribution < -0.4 is 10.1 Å². The molecule has 0 amide bonds. The highest BCUT2D eigenvalue weighted by atomic mass is 35.5.